The SMILES string of the molecule is CCCC(NC(=O)C(CCC(C)C)NC(=O)OCC1c2ccccc2-c2ccccc21)C(=O)O. The van der Waals surface area contributed by atoms with Crippen LogP contribution in [0.2, 0.25) is 0 Å². The molecule has 2 atom stereocenters. The molecule has 0 aromatic heterocycles. The highest BCUT2D eigenvalue weighted by Crippen LogP contribution is 2.44. The lowest BCUT2D eigenvalue weighted by Gasteiger charge is -2.22. The van der Waals surface area contributed by atoms with Crippen LogP contribution < -0.4 is 10.6 Å². The van der Waals surface area contributed by atoms with E-state index in [0.29, 0.717) is 31.6 Å². The molecule has 2 amide bonds. The van der Waals surface area contributed by atoms with E-state index in [0.717, 1.165) is 22.3 Å². The molecule has 2 aromatic rings. The number of aliphatic carboxylic acids is 1. The van der Waals surface area contributed by atoms with Crippen molar-refractivity contribution in [3.05, 3.63) is 59.7 Å². The van der Waals surface area contributed by atoms with E-state index in [2.05, 4.69) is 22.8 Å². The van der Waals surface area contributed by atoms with Crippen molar-refractivity contribution >= 4 is 18.0 Å². The first-order valence-electron chi connectivity index (χ1n) is 12.0. The van der Waals surface area contributed by atoms with Gasteiger partial charge in [-0.05, 0) is 47.4 Å². The number of carboxylic acids is 1. The summed E-state index contributed by atoms with van der Waals surface area (Å²) in [6, 6.07) is 14.3. The van der Waals surface area contributed by atoms with Crippen LogP contribution in [0.15, 0.2) is 48.5 Å². The second-order valence-corrected chi connectivity index (χ2v) is 9.18. The van der Waals surface area contributed by atoms with Gasteiger partial charge in [-0.1, -0.05) is 75.7 Å². The lowest BCUT2D eigenvalue weighted by atomic mass is 9.98. The van der Waals surface area contributed by atoms with Crippen LogP contribution in [-0.2, 0) is 14.3 Å². The summed E-state index contributed by atoms with van der Waals surface area (Å²) in [7, 11) is 0. The summed E-state index contributed by atoms with van der Waals surface area (Å²) in [5.41, 5.74) is 4.48. The molecule has 3 N–H and O–H groups in total. The Labute approximate surface area is 200 Å². The van der Waals surface area contributed by atoms with E-state index in [1.54, 1.807) is 0 Å². The van der Waals surface area contributed by atoms with E-state index in [1.807, 2.05) is 57.2 Å². The molecule has 34 heavy (non-hydrogen) atoms. The molecule has 0 radical (unpaired) electrons. The van der Waals surface area contributed by atoms with Crippen molar-refractivity contribution in [2.24, 2.45) is 5.92 Å². The average Bonchev–Trinajstić information content (AvgIpc) is 3.13. The molecule has 1 aliphatic rings. The Hall–Kier alpha value is -3.35. The van der Waals surface area contributed by atoms with Crippen molar-refractivity contribution in [1.29, 1.82) is 0 Å². The largest absolute Gasteiger partial charge is 0.480 e. The maximum Gasteiger partial charge on any atom is 0.407 e. The van der Waals surface area contributed by atoms with E-state index in [9.17, 15) is 19.5 Å². The van der Waals surface area contributed by atoms with Crippen LogP contribution >= 0.6 is 0 Å². The van der Waals surface area contributed by atoms with Gasteiger partial charge in [0.2, 0.25) is 5.91 Å². The first kappa shape index (κ1) is 25.3. The number of amides is 2. The van der Waals surface area contributed by atoms with Crippen molar-refractivity contribution in [2.75, 3.05) is 6.61 Å². The van der Waals surface area contributed by atoms with Gasteiger partial charge in [0, 0.05) is 5.92 Å². The molecule has 0 fully saturated rings. The molecule has 0 spiro atoms. The van der Waals surface area contributed by atoms with Gasteiger partial charge in [-0.15, -0.1) is 0 Å². The molecule has 2 unspecified atom stereocenters. The fourth-order valence-electron chi connectivity index (χ4n) is 4.37. The summed E-state index contributed by atoms with van der Waals surface area (Å²) in [5.74, 6) is -1.35. The topological polar surface area (TPSA) is 105 Å². The number of hydrogen-bond donors (Lipinski definition) is 3. The maximum absolute atomic E-state index is 12.8. The van der Waals surface area contributed by atoms with Crippen molar-refractivity contribution in [1.82, 2.24) is 10.6 Å². The second kappa shape index (κ2) is 11.7. The van der Waals surface area contributed by atoms with Gasteiger partial charge in [0.05, 0.1) is 0 Å². The highest BCUT2D eigenvalue weighted by molar-refractivity contribution is 5.89. The quantitative estimate of drug-likeness (QED) is 0.445. The van der Waals surface area contributed by atoms with E-state index in [4.69, 9.17) is 4.74 Å². The number of nitrogens with one attached hydrogen (secondary N) is 2. The molecule has 7 heteroatoms. The van der Waals surface area contributed by atoms with Crippen LogP contribution in [0.3, 0.4) is 0 Å². The summed E-state index contributed by atoms with van der Waals surface area (Å²) >= 11 is 0. The molecule has 2 aromatic carbocycles. The minimum Gasteiger partial charge on any atom is -0.480 e. The highest BCUT2D eigenvalue weighted by Gasteiger charge is 2.30. The van der Waals surface area contributed by atoms with Gasteiger partial charge in [-0.2, -0.15) is 0 Å². The first-order valence-corrected chi connectivity index (χ1v) is 12.0. The van der Waals surface area contributed by atoms with Gasteiger partial charge in [-0.3, -0.25) is 4.79 Å². The van der Waals surface area contributed by atoms with Crippen LogP contribution in [0.1, 0.15) is 63.5 Å². The van der Waals surface area contributed by atoms with Crippen LogP contribution in [0.4, 0.5) is 4.79 Å². The fraction of sp³-hybridized carbons (Fsp3) is 0.444. The van der Waals surface area contributed by atoms with Crippen LogP contribution in [0.5, 0.6) is 0 Å². The lowest BCUT2D eigenvalue weighted by Crippen LogP contribution is -2.51. The number of benzene rings is 2. The third-order valence-corrected chi connectivity index (χ3v) is 6.18. The Morgan fingerprint density at radius 1 is 0.882 bits per heavy atom. The molecular formula is C27H34N2O5. The zero-order chi connectivity index (χ0) is 24.7. The number of hydrogen-bond acceptors (Lipinski definition) is 4. The third-order valence-electron chi connectivity index (χ3n) is 6.18. The van der Waals surface area contributed by atoms with Crippen molar-refractivity contribution in [3.63, 3.8) is 0 Å². The first-order chi connectivity index (χ1) is 16.3. The molecule has 3 rings (SSSR count). The van der Waals surface area contributed by atoms with E-state index in [-0.39, 0.29) is 12.5 Å². The summed E-state index contributed by atoms with van der Waals surface area (Å²) in [4.78, 5) is 37.0. The zero-order valence-corrected chi connectivity index (χ0v) is 20.0. The number of carboxylic acid groups (broad SMARTS) is 1. The maximum atomic E-state index is 12.8. The standard InChI is InChI=1S/C27H34N2O5/c1-4-9-24(26(31)32)28-25(30)23(15-14-17(2)3)29-27(33)34-16-22-20-12-7-5-10-18(20)19-11-6-8-13-21(19)22/h5-8,10-13,17,22-24H,4,9,14-16H2,1-3H3,(H,28,30)(H,29,33)(H,31,32). The Morgan fingerprint density at radius 3 is 2.00 bits per heavy atom. The number of ether oxygens (including phenoxy) is 1. The monoisotopic (exact) mass is 466 g/mol. The Balaban J connectivity index is 1.66. The van der Waals surface area contributed by atoms with Crippen LogP contribution in [0.25, 0.3) is 11.1 Å². The molecule has 0 bridgehead atoms. The molecule has 182 valence electrons. The van der Waals surface area contributed by atoms with E-state index >= 15 is 0 Å². The van der Waals surface area contributed by atoms with E-state index < -0.39 is 30.1 Å². The average molecular weight is 467 g/mol. The van der Waals surface area contributed by atoms with Crippen molar-refractivity contribution < 1.29 is 24.2 Å². The number of rotatable bonds is 11. The Kier molecular flexibility index (Phi) is 8.68. The van der Waals surface area contributed by atoms with Crippen LogP contribution in [0, 0.1) is 5.92 Å². The van der Waals surface area contributed by atoms with E-state index in [1.165, 1.54) is 0 Å². The van der Waals surface area contributed by atoms with Crippen molar-refractivity contribution in [2.45, 2.75) is 64.5 Å². The number of carbonyl (C=O) groups is 3. The zero-order valence-electron chi connectivity index (χ0n) is 20.0. The smallest absolute Gasteiger partial charge is 0.407 e. The minimum atomic E-state index is -1.08. The predicted molar refractivity (Wildman–Crippen MR) is 131 cm³/mol. The minimum absolute atomic E-state index is 0.0814. The molecule has 0 saturated carbocycles. The lowest BCUT2D eigenvalue weighted by molar-refractivity contribution is -0.142. The van der Waals surface area contributed by atoms with Gasteiger partial charge >= 0.3 is 12.1 Å². The van der Waals surface area contributed by atoms with Gasteiger partial charge < -0.3 is 20.5 Å². The van der Waals surface area contributed by atoms with Crippen LogP contribution in [-0.4, -0.2) is 41.8 Å². The molecule has 7 nitrogen and oxygen atoms in total. The normalized spacial score (nSPS) is 14.1. The number of alkyl carbamates (subject to hydrolysis) is 1. The summed E-state index contributed by atoms with van der Waals surface area (Å²) in [5, 5.41) is 14.6. The summed E-state index contributed by atoms with van der Waals surface area (Å²) < 4.78 is 5.58. The second-order valence-electron chi connectivity index (χ2n) is 9.18. The summed E-state index contributed by atoms with van der Waals surface area (Å²) in [6.07, 6.45) is 1.35. The van der Waals surface area contributed by atoms with Gasteiger partial charge in [0.25, 0.3) is 0 Å². The predicted octanol–water partition coefficient (Wildman–Crippen LogP) is 4.70. The molecular weight excluding hydrogens is 432 g/mol. The van der Waals surface area contributed by atoms with Crippen molar-refractivity contribution in [3.8, 4) is 11.1 Å². The fourth-order valence-corrected chi connectivity index (χ4v) is 4.37. The molecule has 0 heterocycles. The Morgan fingerprint density at radius 2 is 1.47 bits per heavy atom. The third kappa shape index (κ3) is 6.16. The number of fused-ring (bicyclic) bond motifs is 3. The Bertz CT molecular complexity index is 974. The molecule has 0 aliphatic heterocycles. The van der Waals surface area contributed by atoms with Gasteiger partial charge in [-0.25, -0.2) is 9.59 Å². The van der Waals surface area contributed by atoms with Gasteiger partial charge in [0.15, 0.2) is 0 Å². The molecule has 1 aliphatic carbocycles. The molecule has 0 saturated heterocycles. The number of carbonyl (C=O) groups excluding carboxylic acids is 2. The van der Waals surface area contributed by atoms with Gasteiger partial charge in [0.1, 0.15) is 18.7 Å². The highest BCUT2D eigenvalue weighted by atomic mass is 16.5. The summed E-state index contributed by atoms with van der Waals surface area (Å²) in [6.45, 7) is 6.05.